The Morgan fingerprint density at radius 1 is 1.50 bits per heavy atom. The lowest BCUT2D eigenvalue weighted by Gasteiger charge is -2.14. The molecule has 0 aliphatic carbocycles. The summed E-state index contributed by atoms with van der Waals surface area (Å²) in [5.41, 5.74) is 0. The van der Waals surface area contributed by atoms with Crippen LogP contribution in [0.25, 0.3) is 0 Å². The fourth-order valence-electron chi connectivity index (χ4n) is 1.47. The van der Waals surface area contributed by atoms with Crippen molar-refractivity contribution in [3.63, 3.8) is 0 Å². The highest BCUT2D eigenvalue weighted by Crippen LogP contribution is 2.05. The zero-order valence-electron chi connectivity index (χ0n) is 8.91. The van der Waals surface area contributed by atoms with E-state index in [9.17, 15) is 4.79 Å². The molecule has 3 heteroatoms. The number of hydrogen-bond donors (Lipinski definition) is 1. The van der Waals surface area contributed by atoms with E-state index in [1.54, 1.807) is 12.1 Å². The molecule has 1 N–H and O–H groups in total. The van der Waals surface area contributed by atoms with E-state index in [4.69, 9.17) is 4.42 Å². The summed E-state index contributed by atoms with van der Waals surface area (Å²) in [6, 6.07) is 3.56. The van der Waals surface area contributed by atoms with Crippen LogP contribution in [0.3, 0.4) is 0 Å². The maximum absolute atomic E-state index is 11.5. The van der Waals surface area contributed by atoms with Gasteiger partial charge in [0.15, 0.2) is 5.76 Å². The van der Waals surface area contributed by atoms with E-state index < -0.39 is 0 Å². The van der Waals surface area contributed by atoms with Crippen LogP contribution in [0.4, 0.5) is 0 Å². The molecular formula is C11H17NO2. The first-order valence-electron chi connectivity index (χ1n) is 4.94. The Labute approximate surface area is 84.5 Å². The second-order valence-corrected chi connectivity index (χ2v) is 3.98. The minimum absolute atomic E-state index is 0.136. The number of hydrogen-bond acceptors (Lipinski definition) is 2. The van der Waals surface area contributed by atoms with Crippen molar-refractivity contribution in [3.8, 4) is 0 Å². The minimum Gasteiger partial charge on any atom is -0.459 e. The van der Waals surface area contributed by atoms with Crippen LogP contribution >= 0.6 is 0 Å². The summed E-state index contributed by atoms with van der Waals surface area (Å²) in [4.78, 5) is 11.5. The van der Waals surface area contributed by atoms with Gasteiger partial charge >= 0.3 is 0 Å². The zero-order chi connectivity index (χ0) is 10.6. The predicted octanol–water partition coefficient (Wildman–Crippen LogP) is 2.44. The normalized spacial score (nSPS) is 12.9. The Hall–Kier alpha value is -1.25. The van der Waals surface area contributed by atoms with E-state index in [1.165, 1.54) is 6.26 Å². The second kappa shape index (κ2) is 4.84. The van der Waals surface area contributed by atoms with Gasteiger partial charge in [0.1, 0.15) is 0 Å². The molecule has 0 aliphatic heterocycles. The van der Waals surface area contributed by atoms with Crippen LogP contribution in [-0.4, -0.2) is 11.9 Å². The van der Waals surface area contributed by atoms with Crippen LogP contribution in [-0.2, 0) is 0 Å². The van der Waals surface area contributed by atoms with Gasteiger partial charge < -0.3 is 9.73 Å². The van der Waals surface area contributed by atoms with Crippen LogP contribution in [0.1, 0.15) is 37.7 Å². The van der Waals surface area contributed by atoms with Crippen molar-refractivity contribution in [2.45, 2.75) is 33.2 Å². The number of nitrogens with one attached hydrogen (secondary N) is 1. The molecule has 0 aliphatic rings. The Balaban J connectivity index is 2.41. The van der Waals surface area contributed by atoms with Gasteiger partial charge in [0.25, 0.3) is 5.91 Å². The molecule has 14 heavy (non-hydrogen) atoms. The number of amides is 1. The van der Waals surface area contributed by atoms with Crippen molar-refractivity contribution in [2.24, 2.45) is 5.92 Å². The zero-order valence-corrected chi connectivity index (χ0v) is 8.91. The van der Waals surface area contributed by atoms with E-state index in [-0.39, 0.29) is 11.9 Å². The molecule has 0 aromatic carbocycles. The third-order valence-electron chi connectivity index (χ3n) is 1.95. The maximum atomic E-state index is 11.5. The molecule has 0 unspecified atom stereocenters. The lowest BCUT2D eigenvalue weighted by molar-refractivity contribution is 0.0908. The fraction of sp³-hybridized carbons (Fsp3) is 0.545. The standard InChI is InChI=1S/C11H17NO2/c1-8(2)7-9(3)12-11(13)10-5-4-6-14-10/h4-6,8-9H,7H2,1-3H3,(H,12,13)/t9-/m1/s1. The van der Waals surface area contributed by atoms with Gasteiger partial charge in [-0.25, -0.2) is 0 Å². The average molecular weight is 195 g/mol. The first-order chi connectivity index (χ1) is 6.59. The first-order valence-corrected chi connectivity index (χ1v) is 4.94. The number of carbonyl (C=O) groups excluding carboxylic acids is 1. The van der Waals surface area contributed by atoms with E-state index >= 15 is 0 Å². The smallest absolute Gasteiger partial charge is 0.287 e. The lowest BCUT2D eigenvalue weighted by Crippen LogP contribution is -2.33. The molecule has 1 rings (SSSR count). The molecule has 0 bridgehead atoms. The molecule has 3 nitrogen and oxygen atoms in total. The molecule has 78 valence electrons. The molecule has 1 amide bonds. The van der Waals surface area contributed by atoms with Crippen molar-refractivity contribution in [1.82, 2.24) is 5.32 Å². The van der Waals surface area contributed by atoms with E-state index in [1.807, 2.05) is 6.92 Å². The molecule has 1 aromatic heterocycles. The lowest BCUT2D eigenvalue weighted by atomic mass is 10.1. The SMILES string of the molecule is CC(C)C[C@@H](C)NC(=O)c1ccco1. The Morgan fingerprint density at radius 3 is 2.71 bits per heavy atom. The average Bonchev–Trinajstić information content (AvgIpc) is 2.53. The largest absolute Gasteiger partial charge is 0.459 e. The first kappa shape index (κ1) is 10.8. The van der Waals surface area contributed by atoms with Crippen LogP contribution in [0, 0.1) is 5.92 Å². The number of rotatable bonds is 4. The monoisotopic (exact) mass is 195 g/mol. The van der Waals surface area contributed by atoms with Crippen molar-refractivity contribution < 1.29 is 9.21 Å². The van der Waals surface area contributed by atoms with Gasteiger partial charge in [-0.3, -0.25) is 4.79 Å². The highest BCUT2D eigenvalue weighted by molar-refractivity contribution is 5.91. The van der Waals surface area contributed by atoms with Gasteiger partial charge in [0.2, 0.25) is 0 Å². The van der Waals surface area contributed by atoms with Crippen molar-refractivity contribution in [1.29, 1.82) is 0 Å². The predicted molar refractivity (Wildman–Crippen MR) is 55.1 cm³/mol. The van der Waals surface area contributed by atoms with Crippen LogP contribution in [0.2, 0.25) is 0 Å². The summed E-state index contributed by atoms with van der Waals surface area (Å²) in [5, 5.41) is 2.88. The van der Waals surface area contributed by atoms with Crippen molar-refractivity contribution in [3.05, 3.63) is 24.2 Å². The van der Waals surface area contributed by atoms with Crippen LogP contribution < -0.4 is 5.32 Å². The summed E-state index contributed by atoms with van der Waals surface area (Å²) in [6.07, 6.45) is 2.48. The van der Waals surface area contributed by atoms with E-state index in [0.717, 1.165) is 6.42 Å². The van der Waals surface area contributed by atoms with E-state index in [0.29, 0.717) is 11.7 Å². The third kappa shape index (κ3) is 3.24. The van der Waals surface area contributed by atoms with Crippen LogP contribution in [0.15, 0.2) is 22.8 Å². The fourth-order valence-corrected chi connectivity index (χ4v) is 1.47. The molecule has 0 saturated carbocycles. The summed E-state index contributed by atoms with van der Waals surface area (Å²) >= 11 is 0. The molecule has 1 heterocycles. The van der Waals surface area contributed by atoms with Crippen molar-refractivity contribution >= 4 is 5.91 Å². The minimum atomic E-state index is -0.136. The Bertz CT molecular complexity index is 277. The van der Waals surface area contributed by atoms with Crippen LogP contribution in [0.5, 0.6) is 0 Å². The molecule has 0 saturated heterocycles. The maximum Gasteiger partial charge on any atom is 0.287 e. The van der Waals surface area contributed by atoms with Gasteiger partial charge in [-0.2, -0.15) is 0 Å². The van der Waals surface area contributed by atoms with Gasteiger partial charge in [-0.15, -0.1) is 0 Å². The summed E-state index contributed by atoms with van der Waals surface area (Å²) in [5.74, 6) is 0.825. The molecule has 0 fully saturated rings. The molecule has 1 atom stereocenters. The molecule has 0 spiro atoms. The summed E-state index contributed by atoms with van der Waals surface area (Å²) < 4.78 is 4.99. The second-order valence-electron chi connectivity index (χ2n) is 3.98. The van der Waals surface area contributed by atoms with Gasteiger partial charge in [-0.05, 0) is 31.4 Å². The van der Waals surface area contributed by atoms with Gasteiger partial charge in [-0.1, -0.05) is 13.8 Å². The van der Waals surface area contributed by atoms with Crippen molar-refractivity contribution in [2.75, 3.05) is 0 Å². The van der Waals surface area contributed by atoms with Gasteiger partial charge in [0.05, 0.1) is 6.26 Å². The number of carbonyl (C=O) groups is 1. The third-order valence-corrected chi connectivity index (χ3v) is 1.95. The summed E-state index contributed by atoms with van der Waals surface area (Å²) in [6.45, 7) is 6.27. The highest BCUT2D eigenvalue weighted by atomic mass is 16.3. The number of furan rings is 1. The molecule has 0 radical (unpaired) electrons. The Morgan fingerprint density at radius 2 is 2.21 bits per heavy atom. The summed E-state index contributed by atoms with van der Waals surface area (Å²) in [7, 11) is 0. The molecule has 1 aromatic rings. The van der Waals surface area contributed by atoms with E-state index in [2.05, 4.69) is 19.2 Å². The quantitative estimate of drug-likeness (QED) is 0.801. The van der Waals surface area contributed by atoms with Gasteiger partial charge in [0, 0.05) is 6.04 Å². The Kier molecular flexibility index (Phi) is 3.74. The molecular weight excluding hydrogens is 178 g/mol. The topological polar surface area (TPSA) is 42.2 Å². The highest BCUT2D eigenvalue weighted by Gasteiger charge is 2.12.